The molecule has 34 heavy (non-hydrogen) atoms. The summed E-state index contributed by atoms with van der Waals surface area (Å²) in [4.78, 5) is 6.41. The van der Waals surface area contributed by atoms with Crippen molar-refractivity contribution in [1.82, 2.24) is 15.2 Å². The van der Waals surface area contributed by atoms with E-state index >= 15 is 0 Å². The van der Waals surface area contributed by atoms with Gasteiger partial charge in [-0.15, -0.1) is 0 Å². The van der Waals surface area contributed by atoms with Crippen LogP contribution in [0, 0.1) is 17.0 Å². The van der Waals surface area contributed by atoms with Gasteiger partial charge in [0.25, 0.3) is 6.01 Å². The molecular weight excluding hydrogens is 442 g/mol. The maximum Gasteiger partial charge on any atom is 0.297 e. The summed E-state index contributed by atoms with van der Waals surface area (Å²) in [6.45, 7) is 5.98. The van der Waals surface area contributed by atoms with Crippen molar-refractivity contribution in [2.45, 2.75) is 50.7 Å². The van der Waals surface area contributed by atoms with E-state index in [0.29, 0.717) is 31.4 Å². The van der Waals surface area contributed by atoms with Gasteiger partial charge in [0.1, 0.15) is 23.6 Å². The van der Waals surface area contributed by atoms with Crippen molar-refractivity contribution in [3.63, 3.8) is 0 Å². The normalized spacial score (nSPS) is 27.3. The van der Waals surface area contributed by atoms with Crippen molar-refractivity contribution in [1.29, 1.82) is 0 Å². The van der Waals surface area contributed by atoms with Crippen LogP contribution in [0.25, 0.3) is 11.3 Å². The number of aliphatic hydroxyl groups excluding tert-OH is 1. The Kier molecular flexibility index (Phi) is 4.80. The minimum absolute atomic E-state index is 0.142. The number of rotatable bonds is 4. The van der Waals surface area contributed by atoms with Crippen LogP contribution in [0.15, 0.2) is 34.9 Å². The second-order valence-electron chi connectivity index (χ2n) is 10.00. The average molecular weight is 469 g/mol. The highest BCUT2D eigenvalue weighted by molar-refractivity contribution is 5.63. The maximum atomic E-state index is 14.5. The highest BCUT2D eigenvalue weighted by Crippen LogP contribution is 2.69. The maximum absolute atomic E-state index is 14.5. The second-order valence-corrected chi connectivity index (χ2v) is 10.00. The van der Waals surface area contributed by atoms with Crippen LogP contribution in [-0.2, 0) is 16.8 Å². The lowest BCUT2D eigenvalue weighted by Gasteiger charge is -2.47. The number of oxazole rings is 1. The van der Waals surface area contributed by atoms with Crippen molar-refractivity contribution in [3.05, 3.63) is 59.1 Å². The molecule has 6 rings (SSSR count). The van der Waals surface area contributed by atoms with Crippen LogP contribution in [0.4, 0.5) is 14.8 Å². The molecule has 7 nitrogen and oxygen atoms in total. The van der Waals surface area contributed by atoms with Crippen LogP contribution in [0.5, 0.6) is 0 Å². The fourth-order valence-electron chi connectivity index (χ4n) is 6.58. The Morgan fingerprint density at radius 2 is 2.00 bits per heavy atom. The van der Waals surface area contributed by atoms with E-state index in [1.807, 2.05) is 11.0 Å². The van der Waals surface area contributed by atoms with Crippen LogP contribution in [0.2, 0.25) is 0 Å². The number of hydrogen-bond acceptors (Lipinski definition) is 7. The molecule has 2 fully saturated rings. The molecule has 3 atom stereocenters. The molecule has 1 saturated carbocycles. The number of benzene rings is 1. The minimum atomic E-state index is -0.647. The van der Waals surface area contributed by atoms with E-state index in [2.05, 4.69) is 29.0 Å². The van der Waals surface area contributed by atoms with Crippen LogP contribution >= 0.6 is 0 Å². The Labute approximate surface area is 195 Å². The van der Waals surface area contributed by atoms with E-state index in [1.165, 1.54) is 24.5 Å². The van der Waals surface area contributed by atoms with Crippen molar-refractivity contribution < 1.29 is 23.0 Å². The number of anilines is 1. The van der Waals surface area contributed by atoms with Crippen LogP contribution < -0.4 is 4.90 Å². The molecule has 9 heteroatoms. The summed E-state index contributed by atoms with van der Waals surface area (Å²) in [6.07, 6.45) is 3.12. The molecule has 0 spiro atoms. The number of fused-ring (bicyclic) bond motifs is 5. The lowest BCUT2D eigenvalue weighted by atomic mass is 9.64. The Hall–Kier alpha value is -2.91. The van der Waals surface area contributed by atoms with Gasteiger partial charge in [0.2, 0.25) is 0 Å². The van der Waals surface area contributed by atoms with Crippen molar-refractivity contribution >= 4 is 6.01 Å². The second kappa shape index (κ2) is 7.55. The molecule has 3 aromatic rings. The first kappa shape index (κ1) is 21.6. The smallest absolute Gasteiger partial charge is 0.297 e. The summed E-state index contributed by atoms with van der Waals surface area (Å²) in [5.41, 5.74) is 1.86. The van der Waals surface area contributed by atoms with Gasteiger partial charge in [0.15, 0.2) is 0 Å². The average Bonchev–Trinajstić information content (AvgIpc) is 3.47. The Balaban J connectivity index is 1.40. The van der Waals surface area contributed by atoms with Gasteiger partial charge in [-0.25, -0.2) is 8.78 Å². The van der Waals surface area contributed by atoms with Gasteiger partial charge in [-0.3, -0.25) is 0 Å². The first-order valence-electron chi connectivity index (χ1n) is 11.6. The molecule has 1 N–H and O–H groups in total. The number of hydrogen-bond donors (Lipinski definition) is 1. The molecule has 0 amide bonds. The Morgan fingerprint density at radius 3 is 2.74 bits per heavy atom. The van der Waals surface area contributed by atoms with Crippen molar-refractivity contribution in [2.24, 2.45) is 5.41 Å². The molecule has 1 aromatic carbocycles. The summed E-state index contributed by atoms with van der Waals surface area (Å²) in [5.74, 6) is -1.11. The predicted molar refractivity (Wildman–Crippen MR) is 119 cm³/mol. The first-order chi connectivity index (χ1) is 16.4. The zero-order valence-corrected chi connectivity index (χ0v) is 19.1. The monoisotopic (exact) mass is 468 g/mol. The zero-order chi connectivity index (χ0) is 23.7. The molecule has 3 heterocycles. The largest absolute Gasteiger partial charge is 0.432 e. The number of halogens is 2. The highest BCUT2D eigenvalue weighted by Gasteiger charge is 2.67. The van der Waals surface area contributed by atoms with Crippen LogP contribution in [-0.4, -0.2) is 46.1 Å². The molecular formula is C25H26F2N4O3. The van der Waals surface area contributed by atoms with Crippen molar-refractivity contribution in [3.8, 4) is 11.3 Å². The minimum Gasteiger partial charge on any atom is -0.432 e. The molecule has 2 aromatic heterocycles. The summed E-state index contributed by atoms with van der Waals surface area (Å²) in [6, 6.07) is 6.11. The Bertz CT molecular complexity index is 1240. The quantitative estimate of drug-likeness (QED) is 0.620. The molecule has 1 aliphatic heterocycles. The zero-order valence-electron chi connectivity index (χ0n) is 19.1. The van der Waals surface area contributed by atoms with E-state index in [-0.39, 0.29) is 35.3 Å². The third kappa shape index (κ3) is 2.83. The molecule has 178 valence electrons. The van der Waals surface area contributed by atoms with E-state index in [1.54, 1.807) is 0 Å². The van der Waals surface area contributed by atoms with Gasteiger partial charge >= 0.3 is 0 Å². The predicted octanol–water partition coefficient (Wildman–Crippen LogP) is 3.96. The van der Waals surface area contributed by atoms with E-state index in [0.717, 1.165) is 24.1 Å². The number of aromatic nitrogens is 3. The van der Waals surface area contributed by atoms with Gasteiger partial charge in [-0.2, -0.15) is 15.2 Å². The topological polar surface area (TPSA) is 84.5 Å². The molecule has 1 saturated heterocycles. The first-order valence-corrected chi connectivity index (χ1v) is 11.6. The van der Waals surface area contributed by atoms with Gasteiger partial charge in [-0.1, -0.05) is 19.9 Å². The van der Waals surface area contributed by atoms with E-state index in [4.69, 9.17) is 9.15 Å². The third-order valence-corrected chi connectivity index (χ3v) is 8.28. The third-order valence-electron chi connectivity index (χ3n) is 8.28. The van der Waals surface area contributed by atoms with Gasteiger partial charge in [-0.05, 0) is 47.9 Å². The number of ether oxygens (including phenoxy) is 1. The molecule has 0 radical (unpaired) electrons. The van der Waals surface area contributed by atoms with Crippen LogP contribution in [0.3, 0.4) is 0 Å². The SMILES string of the molecule is CC1(C)[C@H]2CC[C@]1([C@H]1CN(c3nc(CO)co3)CCO1)c1nnc(-c3c(F)cccc3F)cc12. The van der Waals surface area contributed by atoms with Crippen molar-refractivity contribution in [2.75, 3.05) is 24.6 Å². The number of aliphatic hydroxyl groups is 1. The summed E-state index contributed by atoms with van der Waals surface area (Å²) in [5, 5.41) is 18.3. The van der Waals surface area contributed by atoms with E-state index < -0.39 is 17.0 Å². The highest BCUT2D eigenvalue weighted by atomic mass is 19.1. The lowest BCUT2D eigenvalue weighted by molar-refractivity contribution is -0.0475. The standard InChI is InChI=1S/C25H26F2N4O3/c1-24(2)16-6-7-25(24,20-11-31(8-9-33-20)23-28-14(12-32)13-34-23)22-15(16)10-19(29-30-22)21-17(26)4-3-5-18(21)27/h3-5,10,13,16,20,32H,6-9,11-12H2,1-2H3/t16-,20+,25-/m0/s1. The number of morpholine rings is 1. The molecule has 0 unspecified atom stereocenters. The summed E-state index contributed by atoms with van der Waals surface area (Å²) < 4.78 is 40.9. The lowest BCUT2D eigenvalue weighted by Crippen LogP contribution is -2.56. The summed E-state index contributed by atoms with van der Waals surface area (Å²) in [7, 11) is 0. The molecule has 3 aliphatic rings. The summed E-state index contributed by atoms with van der Waals surface area (Å²) >= 11 is 0. The van der Waals surface area contributed by atoms with E-state index in [9.17, 15) is 13.9 Å². The Morgan fingerprint density at radius 1 is 1.21 bits per heavy atom. The fourth-order valence-corrected chi connectivity index (χ4v) is 6.58. The van der Waals surface area contributed by atoms with Gasteiger partial charge < -0.3 is 19.2 Å². The van der Waals surface area contributed by atoms with Crippen LogP contribution in [0.1, 0.15) is 49.6 Å². The fraction of sp³-hybridized carbons (Fsp3) is 0.480. The molecule has 2 bridgehead atoms. The van der Waals surface area contributed by atoms with Gasteiger partial charge in [0, 0.05) is 18.5 Å². The van der Waals surface area contributed by atoms with Gasteiger partial charge in [0.05, 0.1) is 36.3 Å². The molecule has 2 aliphatic carbocycles. The number of nitrogens with zero attached hydrogens (tertiary/aromatic N) is 4.